The molecule has 0 amide bonds. The molecule has 0 aromatic heterocycles. The number of Topliss-reactive ketones (excluding diaryl/α,β-unsaturated/α-hetero) is 1. The number of fused-ring (bicyclic) bond motifs is 1. The first kappa shape index (κ1) is 18.8. The summed E-state index contributed by atoms with van der Waals surface area (Å²) in [5.74, 6) is -1.25. The van der Waals surface area contributed by atoms with Crippen LogP contribution in [0.15, 0.2) is 47.4 Å². The van der Waals surface area contributed by atoms with E-state index in [1.54, 1.807) is 6.07 Å². The number of sulfonamides is 1. The van der Waals surface area contributed by atoms with E-state index in [2.05, 4.69) is 0 Å². The number of carbonyl (C=O) groups excluding carboxylic acids is 2. The minimum Gasteiger partial charge on any atom is -0.456 e. The van der Waals surface area contributed by atoms with Crippen LogP contribution in [0.5, 0.6) is 11.5 Å². The maximum absolute atomic E-state index is 13.1. The third-order valence-electron chi connectivity index (χ3n) is 3.57. The van der Waals surface area contributed by atoms with Gasteiger partial charge in [-0.1, -0.05) is 6.07 Å². The van der Waals surface area contributed by atoms with Crippen molar-refractivity contribution in [2.45, 2.75) is 4.90 Å². The highest BCUT2D eigenvalue weighted by atomic mass is 32.2. The molecule has 2 aromatic rings. The standard InChI is InChI=1S/C17H14FNO7S/c18-12-2-1-3-13(7-12)27(22,23)19-8-17(21)24-9-14(20)11-4-5-15-16(6-11)26-10-25-15/h1-7,19H,8-10H2. The molecule has 0 atom stereocenters. The second-order valence-electron chi connectivity index (χ2n) is 5.43. The van der Waals surface area contributed by atoms with Crippen molar-refractivity contribution in [3.8, 4) is 11.5 Å². The molecule has 8 nitrogen and oxygen atoms in total. The van der Waals surface area contributed by atoms with E-state index >= 15 is 0 Å². The number of hydrogen-bond donors (Lipinski definition) is 1. The Morgan fingerprint density at radius 3 is 2.67 bits per heavy atom. The second-order valence-corrected chi connectivity index (χ2v) is 7.20. The van der Waals surface area contributed by atoms with Crippen molar-refractivity contribution in [1.29, 1.82) is 0 Å². The lowest BCUT2D eigenvalue weighted by atomic mass is 10.1. The third-order valence-corrected chi connectivity index (χ3v) is 4.97. The molecule has 3 rings (SSSR count). The van der Waals surface area contributed by atoms with E-state index < -0.39 is 40.7 Å². The van der Waals surface area contributed by atoms with E-state index in [0.29, 0.717) is 11.5 Å². The fourth-order valence-electron chi connectivity index (χ4n) is 2.22. The van der Waals surface area contributed by atoms with Crippen LogP contribution in [0.25, 0.3) is 0 Å². The quantitative estimate of drug-likeness (QED) is 0.555. The summed E-state index contributed by atoms with van der Waals surface area (Å²) in [6.07, 6.45) is 0. The van der Waals surface area contributed by atoms with Crippen molar-refractivity contribution in [2.75, 3.05) is 19.9 Å². The molecule has 1 aliphatic heterocycles. The van der Waals surface area contributed by atoms with Gasteiger partial charge in [0.05, 0.1) is 4.90 Å². The summed E-state index contributed by atoms with van der Waals surface area (Å²) in [5.41, 5.74) is 0.257. The lowest BCUT2D eigenvalue weighted by Crippen LogP contribution is -2.31. The van der Waals surface area contributed by atoms with Crippen LogP contribution in [0, 0.1) is 5.82 Å². The van der Waals surface area contributed by atoms with Crippen molar-refractivity contribution in [3.63, 3.8) is 0 Å². The number of carbonyl (C=O) groups is 2. The van der Waals surface area contributed by atoms with E-state index in [9.17, 15) is 22.4 Å². The molecule has 1 N–H and O–H groups in total. The average molecular weight is 395 g/mol. The maximum atomic E-state index is 13.1. The summed E-state index contributed by atoms with van der Waals surface area (Å²) in [6.45, 7) is -1.21. The third kappa shape index (κ3) is 4.60. The molecule has 1 heterocycles. The Labute approximate surface area is 153 Å². The number of hydrogen-bond acceptors (Lipinski definition) is 7. The molecule has 0 fully saturated rings. The Bertz CT molecular complexity index is 991. The van der Waals surface area contributed by atoms with Gasteiger partial charge in [-0.15, -0.1) is 0 Å². The summed E-state index contributed by atoms with van der Waals surface area (Å²) in [7, 11) is -4.08. The van der Waals surface area contributed by atoms with Crippen LogP contribution in [-0.2, 0) is 19.6 Å². The highest BCUT2D eigenvalue weighted by molar-refractivity contribution is 7.89. The molecule has 0 spiro atoms. The molecular formula is C17H14FNO7S. The van der Waals surface area contributed by atoms with Gasteiger partial charge in [0.2, 0.25) is 16.8 Å². The lowest BCUT2D eigenvalue weighted by molar-refractivity contribution is -0.141. The minimum atomic E-state index is -4.08. The van der Waals surface area contributed by atoms with Crippen molar-refractivity contribution in [2.24, 2.45) is 0 Å². The van der Waals surface area contributed by atoms with Gasteiger partial charge in [0.15, 0.2) is 23.9 Å². The number of rotatable bonds is 7. The van der Waals surface area contributed by atoms with Gasteiger partial charge in [0, 0.05) is 5.56 Å². The van der Waals surface area contributed by atoms with Gasteiger partial charge in [0.25, 0.3) is 0 Å². The van der Waals surface area contributed by atoms with Gasteiger partial charge >= 0.3 is 5.97 Å². The van der Waals surface area contributed by atoms with Crippen LogP contribution in [0.1, 0.15) is 10.4 Å². The fourth-order valence-corrected chi connectivity index (χ4v) is 3.22. The molecule has 0 unspecified atom stereocenters. The zero-order chi connectivity index (χ0) is 19.4. The molecule has 0 aliphatic carbocycles. The topological polar surface area (TPSA) is 108 Å². The van der Waals surface area contributed by atoms with Gasteiger partial charge in [-0.05, 0) is 36.4 Å². The number of ether oxygens (including phenoxy) is 3. The summed E-state index contributed by atoms with van der Waals surface area (Å²) in [5, 5.41) is 0. The van der Waals surface area contributed by atoms with E-state index in [0.717, 1.165) is 12.1 Å². The number of halogens is 1. The Balaban J connectivity index is 1.51. The second kappa shape index (κ2) is 7.72. The highest BCUT2D eigenvalue weighted by Gasteiger charge is 2.19. The van der Waals surface area contributed by atoms with E-state index in [-0.39, 0.29) is 17.3 Å². The van der Waals surface area contributed by atoms with E-state index in [4.69, 9.17) is 14.2 Å². The van der Waals surface area contributed by atoms with Crippen molar-refractivity contribution in [3.05, 3.63) is 53.8 Å². The number of esters is 1. The summed E-state index contributed by atoms with van der Waals surface area (Å²) in [6, 6.07) is 8.84. The molecular weight excluding hydrogens is 381 g/mol. The number of ketones is 1. The highest BCUT2D eigenvalue weighted by Crippen LogP contribution is 2.32. The van der Waals surface area contributed by atoms with Gasteiger partial charge in [-0.2, -0.15) is 4.72 Å². The van der Waals surface area contributed by atoms with Gasteiger partial charge in [-0.3, -0.25) is 9.59 Å². The van der Waals surface area contributed by atoms with Crippen LogP contribution in [-0.4, -0.2) is 40.1 Å². The van der Waals surface area contributed by atoms with Crippen LogP contribution < -0.4 is 14.2 Å². The SMILES string of the molecule is O=C(CNS(=O)(=O)c1cccc(F)c1)OCC(=O)c1ccc2c(c1)OCO2. The molecule has 0 radical (unpaired) electrons. The monoisotopic (exact) mass is 395 g/mol. The van der Waals surface area contributed by atoms with Crippen LogP contribution in [0.2, 0.25) is 0 Å². The molecule has 1 aliphatic rings. The van der Waals surface area contributed by atoms with Gasteiger partial charge < -0.3 is 14.2 Å². The predicted octanol–water partition coefficient (Wildman–Crippen LogP) is 1.26. The van der Waals surface area contributed by atoms with Crippen molar-refractivity contribution in [1.82, 2.24) is 4.72 Å². The van der Waals surface area contributed by atoms with Gasteiger partial charge in [0.1, 0.15) is 12.4 Å². The Kier molecular flexibility index (Phi) is 5.38. The molecule has 0 bridgehead atoms. The smallest absolute Gasteiger partial charge is 0.321 e. The lowest BCUT2D eigenvalue weighted by Gasteiger charge is -2.07. The number of nitrogens with one attached hydrogen (secondary N) is 1. The van der Waals surface area contributed by atoms with Crippen molar-refractivity contribution < 1.29 is 36.6 Å². The predicted molar refractivity (Wildman–Crippen MR) is 89.4 cm³/mol. The minimum absolute atomic E-state index is 0.0629. The zero-order valence-electron chi connectivity index (χ0n) is 13.8. The first-order valence-corrected chi connectivity index (χ1v) is 9.17. The average Bonchev–Trinajstić information content (AvgIpc) is 3.12. The Hall–Kier alpha value is -2.98. The van der Waals surface area contributed by atoms with Crippen LogP contribution in [0.4, 0.5) is 4.39 Å². The molecule has 10 heteroatoms. The fraction of sp³-hybridized carbons (Fsp3) is 0.176. The van der Waals surface area contributed by atoms with Crippen LogP contribution in [0.3, 0.4) is 0 Å². The van der Waals surface area contributed by atoms with E-state index in [1.807, 2.05) is 4.72 Å². The first-order chi connectivity index (χ1) is 12.8. The zero-order valence-corrected chi connectivity index (χ0v) is 14.6. The molecule has 142 valence electrons. The van der Waals surface area contributed by atoms with Crippen LogP contribution >= 0.6 is 0 Å². The normalized spacial score (nSPS) is 12.6. The number of benzene rings is 2. The largest absolute Gasteiger partial charge is 0.456 e. The molecule has 0 saturated carbocycles. The van der Waals surface area contributed by atoms with Gasteiger partial charge in [-0.25, -0.2) is 12.8 Å². The summed E-state index contributed by atoms with van der Waals surface area (Å²) < 4.78 is 54.1. The molecule has 0 saturated heterocycles. The Morgan fingerprint density at radius 2 is 1.89 bits per heavy atom. The van der Waals surface area contributed by atoms with E-state index in [1.165, 1.54) is 24.3 Å². The maximum Gasteiger partial charge on any atom is 0.321 e. The molecule has 27 heavy (non-hydrogen) atoms. The summed E-state index contributed by atoms with van der Waals surface area (Å²) in [4.78, 5) is 23.4. The molecule has 2 aromatic carbocycles. The van der Waals surface area contributed by atoms with Crippen molar-refractivity contribution >= 4 is 21.8 Å². The first-order valence-electron chi connectivity index (χ1n) is 7.69. The summed E-state index contributed by atoms with van der Waals surface area (Å²) >= 11 is 0. The Morgan fingerprint density at radius 1 is 1.11 bits per heavy atom.